The summed E-state index contributed by atoms with van der Waals surface area (Å²) in [7, 11) is 0. The normalized spacial score (nSPS) is 20.0. The molecule has 1 aliphatic heterocycles. The Morgan fingerprint density at radius 2 is 1.76 bits per heavy atom. The maximum atomic E-state index is 13.0. The van der Waals surface area contributed by atoms with Gasteiger partial charge in [0.1, 0.15) is 5.54 Å². The molecule has 2 aromatic carbocycles. The molecule has 3 amide bonds. The van der Waals surface area contributed by atoms with Gasteiger partial charge in [-0.05, 0) is 36.2 Å². The summed E-state index contributed by atoms with van der Waals surface area (Å²) < 4.78 is 0. The Morgan fingerprint density at radius 1 is 1.08 bits per heavy atom. The molecule has 0 radical (unpaired) electrons. The standard InChI is InChI=1S/C19H19ClN2O2S/c1-2-19(14-6-4-3-5-7-14)17(23)22(18(24)21-19)12-13-25-16-10-8-15(20)9-11-16/h3-11H,2,12-13H2,1H3,(H,21,24)/t19-/m1/s1. The first kappa shape index (κ1) is 17.8. The van der Waals surface area contributed by atoms with Crippen molar-refractivity contribution in [2.45, 2.75) is 23.8 Å². The molecule has 1 heterocycles. The minimum Gasteiger partial charge on any atom is -0.319 e. The number of nitrogens with one attached hydrogen (secondary N) is 1. The van der Waals surface area contributed by atoms with Gasteiger partial charge in [-0.3, -0.25) is 9.69 Å². The molecule has 2 aromatic rings. The molecule has 25 heavy (non-hydrogen) atoms. The molecule has 0 aliphatic carbocycles. The Morgan fingerprint density at radius 3 is 2.40 bits per heavy atom. The highest BCUT2D eigenvalue weighted by Crippen LogP contribution is 2.32. The molecule has 1 N–H and O–H groups in total. The second-order valence-corrected chi connectivity index (χ2v) is 7.42. The second-order valence-electron chi connectivity index (χ2n) is 5.81. The molecule has 1 atom stereocenters. The highest BCUT2D eigenvalue weighted by Gasteiger charge is 2.50. The molecule has 0 aromatic heterocycles. The van der Waals surface area contributed by atoms with E-state index < -0.39 is 5.54 Å². The van der Waals surface area contributed by atoms with Crippen molar-refractivity contribution < 1.29 is 9.59 Å². The number of hydrogen-bond donors (Lipinski definition) is 1. The molecule has 4 nitrogen and oxygen atoms in total. The number of hydrogen-bond acceptors (Lipinski definition) is 3. The van der Waals surface area contributed by atoms with Crippen LogP contribution in [0, 0.1) is 0 Å². The van der Waals surface area contributed by atoms with Crippen molar-refractivity contribution in [2.75, 3.05) is 12.3 Å². The highest BCUT2D eigenvalue weighted by atomic mass is 35.5. The predicted octanol–water partition coefficient (Wildman–Crippen LogP) is 4.29. The summed E-state index contributed by atoms with van der Waals surface area (Å²) in [5, 5.41) is 3.59. The number of nitrogens with zero attached hydrogens (tertiary/aromatic N) is 1. The third kappa shape index (κ3) is 3.53. The third-order valence-corrected chi connectivity index (χ3v) is 5.61. The number of carbonyl (C=O) groups excluding carboxylic acids is 2. The lowest BCUT2D eigenvalue weighted by molar-refractivity contribution is -0.131. The summed E-state index contributed by atoms with van der Waals surface area (Å²) in [5.41, 5.74) is -0.132. The molecule has 1 fully saturated rings. The lowest BCUT2D eigenvalue weighted by Gasteiger charge is -2.25. The van der Waals surface area contributed by atoms with E-state index in [0.29, 0.717) is 23.7 Å². The van der Waals surface area contributed by atoms with Gasteiger partial charge in [-0.25, -0.2) is 4.79 Å². The van der Waals surface area contributed by atoms with Gasteiger partial charge >= 0.3 is 6.03 Å². The molecule has 6 heteroatoms. The Labute approximate surface area is 156 Å². The van der Waals surface area contributed by atoms with Gasteiger partial charge in [-0.15, -0.1) is 11.8 Å². The summed E-state index contributed by atoms with van der Waals surface area (Å²) in [4.78, 5) is 27.7. The van der Waals surface area contributed by atoms with Crippen molar-refractivity contribution in [3.05, 3.63) is 65.2 Å². The quantitative estimate of drug-likeness (QED) is 0.606. The van der Waals surface area contributed by atoms with Crippen molar-refractivity contribution in [3.63, 3.8) is 0 Å². The van der Waals surface area contributed by atoms with Crippen LogP contribution in [0.1, 0.15) is 18.9 Å². The van der Waals surface area contributed by atoms with Crippen LogP contribution >= 0.6 is 23.4 Å². The van der Waals surface area contributed by atoms with Crippen molar-refractivity contribution in [1.29, 1.82) is 0 Å². The summed E-state index contributed by atoms with van der Waals surface area (Å²) in [6.45, 7) is 2.28. The summed E-state index contributed by atoms with van der Waals surface area (Å²) in [6.07, 6.45) is 0.516. The molecule has 130 valence electrons. The van der Waals surface area contributed by atoms with Crippen molar-refractivity contribution in [2.24, 2.45) is 0 Å². The smallest absolute Gasteiger partial charge is 0.319 e. The van der Waals surface area contributed by atoms with Gasteiger partial charge in [0.05, 0.1) is 0 Å². The van der Waals surface area contributed by atoms with Crippen LogP contribution in [-0.2, 0) is 10.3 Å². The molecular weight excluding hydrogens is 356 g/mol. The van der Waals surface area contributed by atoms with E-state index in [1.54, 1.807) is 11.8 Å². The lowest BCUT2D eigenvalue weighted by Crippen LogP contribution is -2.43. The largest absolute Gasteiger partial charge is 0.325 e. The van der Waals surface area contributed by atoms with E-state index in [-0.39, 0.29) is 11.9 Å². The molecule has 0 bridgehead atoms. The van der Waals surface area contributed by atoms with E-state index in [9.17, 15) is 9.59 Å². The number of rotatable bonds is 6. The average molecular weight is 375 g/mol. The van der Waals surface area contributed by atoms with Crippen LogP contribution in [0.5, 0.6) is 0 Å². The zero-order chi connectivity index (χ0) is 17.9. The van der Waals surface area contributed by atoms with Crippen LogP contribution in [0.2, 0.25) is 5.02 Å². The molecule has 3 rings (SSSR count). The summed E-state index contributed by atoms with van der Waals surface area (Å²) in [6, 6.07) is 16.6. The number of benzene rings is 2. The first-order chi connectivity index (χ1) is 12.1. The van der Waals surface area contributed by atoms with E-state index in [0.717, 1.165) is 10.5 Å². The lowest BCUT2D eigenvalue weighted by atomic mass is 9.87. The van der Waals surface area contributed by atoms with Crippen LogP contribution < -0.4 is 5.32 Å². The fourth-order valence-corrected chi connectivity index (χ4v) is 3.94. The first-order valence-corrected chi connectivity index (χ1v) is 9.51. The third-order valence-electron chi connectivity index (χ3n) is 4.37. The van der Waals surface area contributed by atoms with Crippen molar-refractivity contribution in [3.8, 4) is 0 Å². The van der Waals surface area contributed by atoms with Crippen molar-refractivity contribution in [1.82, 2.24) is 10.2 Å². The monoisotopic (exact) mass is 374 g/mol. The van der Waals surface area contributed by atoms with Crippen LogP contribution in [0.3, 0.4) is 0 Å². The fourth-order valence-electron chi connectivity index (χ4n) is 2.98. The van der Waals surface area contributed by atoms with E-state index in [4.69, 9.17) is 11.6 Å². The zero-order valence-corrected chi connectivity index (χ0v) is 15.4. The summed E-state index contributed by atoms with van der Waals surface area (Å²) >= 11 is 7.47. The van der Waals surface area contributed by atoms with E-state index >= 15 is 0 Å². The Bertz CT molecular complexity index is 767. The number of thioether (sulfide) groups is 1. The molecule has 0 unspecified atom stereocenters. The predicted molar refractivity (Wildman–Crippen MR) is 101 cm³/mol. The number of halogens is 1. The number of urea groups is 1. The topological polar surface area (TPSA) is 49.4 Å². The molecule has 0 spiro atoms. The SMILES string of the molecule is CC[C@]1(c2ccccc2)NC(=O)N(CCSc2ccc(Cl)cc2)C1=O. The van der Waals surface area contributed by atoms with Crippen LogP contribution in [0.15, 0.2) is 59.5 Å². The average Bonchev–Trinajstić information content (AvgIpc) is 2.89. The van der Waals surface area contributed by atoms with E-state index in [2.05, 4.69) is 5.32 Å². The van der Waals surface area contributed by atoms with Gasteiger partial charge in [-0.2, -0.15) is 0 Å². The Balaban J connectivity index is 1.69. The van der Waals surface area contributed by atoms with Crippen molar-refractivity contribution >= 4 is 35.3 Å². The highest BCUT2D eigenvalue weighted by molar-refractivity contribution is 7.99. The minimum absolute atomic E-state index is 0.178. The van der Waals surface area contributed by atoms with E-state index in [1.807, 2.05) is 61.5 Å². The number of imide groups is 1. The second kappa shape index (κ2) is 7.50. The fraction of sp³-hybridized carbons (Fsp3) is 0.263. The maximum Gasteiger partial charge on any atom is 0.325 e. The molecule has 1 aliphatic rings. The van der Waals surface area contributed by atoms with Gasteiger partial charge in [0.2, 0.25) is 0 Å². The number of amides is 3. The zero-order valence-electron chi connectivity index (χ0n) is 13.9. The van der Waals surface area contributed by atoms with Crippen LogP contribution in [0.4, 0.5) is 4.79 Å². The van der Waals surface area contributed by atoms with Gasteiger partial charge in [0.25, 0.3) is 5.91 Å². The number of carbonyl (C=O) groups is 2. The minimum atomic E-state index is -0.955. The van der Waals surface area contributed by atoms with Gasteiger partial charge in [-0.1, -0.05) is 48.9 Å². The van der Waals surface area contributed by atoms with Crippen LogP contribution in [-0.4, -0.2) is 29.1 Å². The molecular formula is C19H19ClN2O2S. The van der Waals surface area contributed by atoms with Gasteiger partial charge in [0.15, 0.2) is 0 Å². The molecule has 1 saturated heterocycles. The molecule has 0 saturated carbocycles. The summed E-state index contributed by atoms with van der Waals surface area (Å²) in [5.74, 6) is 0.456. The van der Waals surface area contributed by atoms with E-state index in [1.165, 1.54) is 4.90 Å². The first-order valence-electron chi connectivity index (χ1n) is 8.15. The maximum absolute atomic E-state index is 13.0. The Hall–Kier alpha value is -1.98. The van der Waals surface area contributed by atoms with Gasteiger partial charge in [0, 0.05) is 22.2 Å². The van der Waals surface area contributed by atoms with Gasteiger partial charge < -0.3 is 5.32 Å². The van der Waals surface area contributed by atoms with Crippen LogP contribution in [0.25, 0.3) is 0 Å². The Kier molecular flexibility index (Phi) is 5.35.